The fourth-order valence-electron chi connectivity index (χ4n) is 0.863. The van der Waals surface area contributed by atoms with Gasteiger partial charge in [-0.05, 0) is 13.8 Å². The van der Waals surface area contributed by atoms with E-state index >= 15 is 0 Å². The van der Waals surface area contributed by atoms with Crippen molar-refractivity contribution < 1.29 is 8.42 Å². The first-order valence-electron chi connectivity index (χ1n) is 3.92. The molecule has 0 rings (SSSR count). The Hall–Kier alpha value is -0.860. The lowest BCUT2D eigenvalue weighted by Crippen LogP contribution is -2.46. The zero-order chi connectivity index (χ0) is 11.4. The van der Waals surface area contributed by atoms with E-state index in [9.17, 15) is 8.42 Å². The minimum atomic E-state index is -3.25. The Balaban J connectivity index is 4.36. The van der Waals surface area contributed by atoms with E-state index in [2.05, 4.69) is 15.1 Å². The molecule has 8 heteroatoms. The van der Waals surface area contributed by atoms with Crippen LogP contribution in [-0.4, -0.2) is 32.7 Å². The van der Waals surface area contributed by atoms with Crippen LogP contribution >= 0.6 is 0 Å². The summed E-state index contributed by atoms with van der Waals surface area (Å²) in [5.74, 6) is 5.05. The Bertz CT molecular complexity index is 308. The lowest BCUT2D eigenvalue weighted by molar-refractivity contribution is 0.465. The van der Waals surface area contributed by atoms with Gasteiger partial charge in [0.15, 0.2) is 0 Å². The van der Waals surface area contributed by atoms with Gasteiger partial charge in [0.1, 0.15) is 0 Å². The molecule has 14 heavy (non-hydrogen) atoms. The van der Waals surface area contributed by atoms with Crippen molar-refractivity contribution in [3.63, 3.8) is 0 Å². The molecule has 0 fully saturated rings. The molecule has 0 amide bonds. The summed E-state index contributed by atoms with van der Waals surface area (Å²) in [5, 5.41) is 0. The van der Waals surface area contributed by atoms with Crippen LogP contribution in [0.4, 0.5) is 0 Å². The number of hydrazine groups is 1. The minimum absolute atomic E-state index is 0.0633. The van der Waals surface area contributed by atoms with E-state index in [1.54, 1.807) is 13.8 Å². The molecule has 0 radical (unpaired) electrons. The SMILES string of the molecule is CC(C)(CN=C(N)NN)NS(C)(=O)=O. The van der Waals surface area contributed by atoms with E-state index < -0.39 is 15.6 Å². The third-order valence-corrected chi connectivity index (χ3v) is 2.18. The van der Waals surface area contributed by atoms with Gasteiger partial charge in [0.05, 0.1) is 12.8 Å². The van der Waals surface area contributed by atoms with Gasteiger partial charge in [0.2, 0.25) is 16.0 Å². The monoisotopic (exact) mass is 223 g/mol. The third-order valence-electron chi connectivity index (χ3n) is 1.25. The number of nitrogens with two attached hydrogens (primary N) is 2. The number of hydrogen-bond acceptors (Lipinski definition) is 4. The number of hydrogen-bond donors (Lipinski definition) is 4. The Morgan fingerprint density at radius 2 is 2.00 bits per heavy atom. The maximum absolute atomic E-state index is 10.9. The quantitative estimate of drug-likeness (QED) is 0.192. The standard InChI is InChI=1S/C6H17N5O2S/c1-6(2,11-14(3,12)13)4-9-5(7)10-8/h11H,4,8H2,1-3H3,(H3,7,9,10). The minimum Gasteiger partial charge on any atom is -0.369 e. The van der Waals surface area contributed by atoms with Crippen LogP contribution in [-0.2, 0) is 10.0 Å². The smallest absolute Gasteiger partial charge is 0.209 e. The largest absolute Gasteiger partial charge is 0.369 e. The van der Waals surface area contributed by atoms with Crippen LogP contribution < -0.4 is 21.7 Å². The number of nitrogens with one attached hydrogen (secondary N) is 2. The lowest BCUT2D eigenvalue weighted by Gasteiger charge is -2.22. The van der Waals surface area contributed by atoms with Crippen LogP contribution in [0.5, 0.6) is 0 Å². The van der Waals surface area contributed by atoms with Gasteiger partial charge >= 0.3 is 0 Å². The second kappa shape index (κ2) is 4.58. The van der Waals surface area contributed by atoms with E-state index in [-0.39, 0.29) is 12.5 Å². The molecule has 84 valence electrons. The van der Waals surface area contributed by atoms with Crippen molar-refractivity contribution in [2.75, 3.05) is 12.8 Å². The van der Waals surface area contributed by atoms with Crippen LogP contribution in [0.25, 0.3) is 0 Å². The molecule has 7 nitrogen and oxygen atoms in total. The molecular formula is C6H17N5O2S. The maximum Gasteiger partial charge on any atom is 0.209 e. The molecule has 0 aromatic rings. The molecular weight excluding hydrogens is 206 g/mol. The Morgan fingerprint density at radius 3 is 2.36 bits per heavy atom. The van der Waals surface area contributed by atoms with Crippen LogP contribution in [0.15, 0.2) is 4.99 Å². The zero-order valence-electron chi connectivity index (χ0n) is 8.53. The summed E-state index contributed by atoms with van der Waals surface area (Å²) in [6.45, 7) is 3.60. The average molecular weight is 223 g/mol. The van der Waals surface area contributed by atoms with E-state index in [4.69, 9.17) is 11.6 Å². The Morgan fingerprint density at radius 1 is 1.50 bits per heavy atom. The van der Waals surface area contributed by atoms with Crippen molar-refractivity contribution in [2.24, 2.45) is 16.6 Å². The summed E-state index contributed by atoms with van der Waals surface area (Å²) in [5.41, 5.74) is 6.75. The van der Waals surface area contributed by atoms with E-state index in [1.165, 1.54) is 0 Å². The molecule has 0 aliphatic rings. The molecule has 0 aliphatic carbocycles. The van der Waals surface area contributed by atoms with Gasteiger partial charge in [-0.1, -0.05) is 0 Å². The number of aliphatic imine (C=N–C) groups is 1. The van der Waals surface area contributed by atoms with Crippen molar-refractivity contribution in [2.45, 2.75) is 19.4 Å². The van der Waals surface area contributed by atoms with Gasteiger partial charge < -0.3 is 5.73 Å². The lowest BCUT2D eigenvalue weighted by atomic mass is 10.1. The second-order valence-corrected chi connectivity index (χ2v) is 5.35. The predicted molar refractivity (Wildman–Crippen MR) is 55.9 cm³/mol. The van der Waals surface area contributed by atoms with Crippen molar-refractivity contribution >= 4 is 16.0 Å². The summed E-state index contributed by atoms with van der Waals surface area (Å²) in [4.78, 5) is 3.83. The highest BCUT2D eigenvalue weighted by Crippen LogP contribution is 2.03. The highest BCUT2D eigenvalue weighted by molar-refractivity contribution is 7.88. The molecule has 0 aromatic carbocycles. The molecule has 0 bridgehead atoms. The van der Waals surface area contributed by atoms with Crippen molar-refractivity contribution in [3.05, 3.63) is 0 Å². The summed E-state index contributed by atoms with van der Waals surface area (Å²) < 4.78 is 24.3. The fourth-order valence-corrected chi connectivity index (χ4v) is 1.93. The predicted octanol–water partition coefficient (Wildman–Crippen LogP) is -1.91. The van der Waals surface area contributed by atoms with Crippen molar-refractivity contribution in [1.82, 2.24) is 10.1 Å². The average Bonchev–Trinajstić information content (AvgIpc) is 1.96. The van der Waals surface area contributed by atoms with Gasteiger partial charge in [0, 0.05) is 5.54 Å². The molecule has 0 aromatic heterocycles. The van der Waals surface area contributed by atoms with Crippen LogP contribution in [0.1, 0.15) is 13.8 Å². The Kier molecular flexibility index (Phi) is 4.30. The summed E-state index contributed by atoms with van der Waals surface area (Å²) >= 11 is 0. The highest BCUT2D eigenvalue weighted by atomic mass is 32.2. The molecule has 0 aliphatic heterocycles. The van der Waals surface area contributed by atoms with E-state index in [1.807, 2.05) is 0 Å². The Labute approximate surface area is 84.0 Å². The topological polar surface area (TPSA) is 123 Å². The zero-order valence-corrected chi connectivity index (χ0v) is 9.35. The molecule has 0 saturated carbocycles. The summed E-state index contributed by atoms with van der Waals surface area (Å²) in [6.07, 6.45) is 1.09. The van der Waals surface area contributed by atoms with Crippen molar-refractivity contribution in [1.29, 1.82) is 0 Å². The van der Waals surface area contributed by atoms with Crippen LogP contribution in [0.2, 0.25) is 0 Å². The summed E-state index contributed by atoms with van der Waals surface area (Å²) in [7, 11) is -3.25. The number of rotatable bonds is 4. The van der Waals surface area contributed by atoms with Crippen LogP contribution in [0, 0.1) is 0 Å². The van der Waals surface area contributed by atoms with Gasteiger partial charge in [-0.25, -0.2) is 19.0 Å². The van der Waals surface area contributed by atoms with Gasteiger partial charge in [-0.2, -0.15) is 0 Å². The molecule has 0 heterocycles. The van der Waals surface area contributed by atoms with Gasteiger partial charge in [-0.15, -0.1) is 0 Å². The molecule has 6 N–H and O–H groups in total. The number of sulfonamides is 1. The van der Waals surface area contributed by atoms with E-state index in [0.717, 1.165) is 6.26 Å². The van der Waals surface area contributed by atoms with E-state index in [0.29, 0.717) is 0 Å². The fraction of sp³-hybridized carbons (Fsp3) is 0.833. The van der Waals surface area contributed by atoms with Crippen LogP contribution in [0.3, 0.4) is 0 Å². The third kappa shape index (κ3) is 6.63. The summed E-state index contributed by atoms with van der Waals surface area (Å²) in [6, 6.07) is 0. The maximum atomic E-state index is 10.9. The first kappa shape index (κ1) is 13.1. The molecule has 0 atom stereocenters. The highest BCUT2D eigenvalue weighted by Gasteiger charge is 2.21. The molecule has 0 spiro atoms. The molecule has 0 saturated heterocycles. The second-order valence-electron chi connectivity index (χ2n) is 3.60. The van der Waals surface area contributed by atoms with Gasteiger partial charge in [0.25, 0.3) is 0 Å². The number of guanidine groups is 1. The first-order chi connectivity index (χ1) is 6.16. The van der Waals surface area contributed by atoms with Gasteiger partial charge in [-0.3, -0.25) is 10.4 Å². The molecule has 0 unspecified atom stereocenters. The first-order valence-corrected chi connectivity index (χ1v) is 5.81. The normalized spacial score (nSPS) is 14.1. The number of nitrogens with zero attached hydrogens (tertiary/aromatic N) is 1. The van der Waals surface area contributed by atoms with Crippen molar-refractivity contribution in [3.8, 4) is 0 Å².